The molecule has 0 atom stereocenters. The summed E-state index contributed by atoms with van der Waals surface area (Å²) in [6.07, 6.45) is 1.30. The van der Waals surface area contributed by atoms with Crippen LogP contribution in [0.4, 0.5) is 0 Å². The van der Waals surface area contributed by atoms with Crippen molar-refractivity contribution in [3.05, 3.63) is 53.6 Å². The molecule has 6 heteroatoms. The highest BCUT2D eigenvalue weighted by molar-refractivity contribution is 5.97. The van der Waals surface area contributed by atoms with Crippen molar-refractivity contribution in [1.82, 2.24) is 5.43 Å². The van der Waals surface area contributed by atoms with Gasteiger partial charge >= 0.3 is 0 Å². The monoisotopic (exact) mass is 272 g/mol. The summed E-state index contributed by atoms with van der Waals surface area (Å²) in [7, 11) is 0. The van der Waals surface area contributed by atoms with Crippen molar-refractivity contribution in [2.75, 3.05) is 0 Å². The average molecular weight is 272 g/mol. The van der Waals surface area contributed by atoms with E-state index in [2.05, 4.69) is 10.5 Å². The first kappa shape index (κ1) is 13.4. The fraction of sp³-hybridized carbons (Fsp3) is 0. The molecule has 0 saturated heterocycles. The van der Waals surface area contributed by atoms with Crippen LogP contribution in [0.5, 0.6) is 17.2 Å². The molecule has 6 nitrogen and oxygen atoms in total. The molecule has 4 N–H and O–H groups in total. The maximum Gasteiger partial charge on any atom is 0.275 e. The number of phenolic OH excluding ortho intramolecular Hbond substituents is 3. The van der Waals surface area contributed by atoms with Crippen molar-refractivity contribution in [1.29, 1.82) is 0 Å². The van der Waals surface area contributed by atoms with E-state index >= 15 is 0 Å². The van der Waals surface area contributed by atoms with Crippen LogP contribution in [0.25, 0.3) is 0 Å². The van der Waals surface area contributed by atoms with Crippen LogP contribution < -0.4 is 5.43 Å². The van der Waals surface area contributed by atoms with Gasteiger partial charge in [0.25, 0.3) is 5.91 Å². The second kappa shape index (κ2) is 5.75. The molecule has 1 amide bonds. The third-order valence-electron chi connectivity index (χ3n) is 2.53. The number of carbonyl (C=O) groups is 1. The van der Waals surface area contributed by atoms with Crippen molar-refractivity contribution in [2.24, 2.45) is 5.10 Å². The lowest BCUT2D eigenvalue weighted by molar-refractivity contribution is 0.0952. The lowest BCUT2D eigenvalue weighted by Crippen LogP contribution is -2.17. The van der Waals surface area contributed by atoms with Gasteiger partial charge < -0.3 is 15.3 Å². The number of nitrogens with one attached hydrogen (secondary N) is 1. The second-order valence-electron chi connectivity index (χ2n) is 3.96. The Morgan fingerprint density at radius 3 is 2.45 bits per heavy atom. The molecule has 0 saturated carbocycles. The van der Waals surface area contributed by atoms with Gasteiger partial charge in [0.05, 0.1) is 11.8 Å². The van der Waals surface area contributed by atoms with Crippen LogP contribution in [-0.4, -0.2) is 27.4 Å². The molecule has 0 aliphatic carbocycles. The Kier molecular flexibility index (Phi) is 3.85. The Bertz CT molecular complexity index is 668. The lowest BCUT2D eigenvalue weighted by atomic mass is 10.2. The zero-order valence-corrected chi connectivity index (χ0v) is 10.3. The van der Waals surface area contributed by atoms with Crippen molar-refractivity contribution >= 4 is 12.1 Å². The van der Waals surface area contributed by atoms with Crippen LogP contribution in [0.15, 0.2) is 47.6 Å². The van der Waals surface area contributed by atoms with Crippen molar-refractivity contribution in [2.45, 2.75) is 0 Å². The minimum absolute atomic E-state index is 0.109. The van der Waals surface area contributed by atoms with E-state index in [4.69, 9.17) is 5.11 Å². The highest BCUT2D eigenvalue weighted by atomic mass is 16.3. The molecule has 0 fully saturated rings. The van der Waals surface area contributed by atoms with E-state index in [-0.39, 0.29) is 22.8 Å². The molecule has 2 aromatic carbocycles. The molecule has 0 heterocycles. The topological polar surface area (TPSA) is 102 Å². The average Bonchev–Trinajstić information content (AvgIpc) is 2.43. The first-order valence-electron chi connectivity index (χ1n) is 5.71. The molecule has 0 aliphatic rings. The van der Waals surface area contributed by atoms with Crippen LogP contribution >= 0.6 is 0 Å². The number of para-hydroxylation sites is 1. The molecule has 0 aliphatic heterocycles. The molecule has 20 heavy (non-hydrogen) atoms. The van der Waals surface area contributed by atoms with Crippen LogP contribution in [0, 0.1) is 0 Å². The Labute approximate surface area is 114 Å². The molecule has 0 bridgehead atoms. The van der Waals surface area contributed by atoms with Gasteiger partial charge in [-0.1, -0.05) is 12.1 Å². The Morgan fingerprint density at radius 2 is 1.75 bits per heavy atom. The summed E-state index contributed by atoms with van der Waals surface area (Å²) < 4.78 is 0. The molecule has 2 rings (SSSR count). The third kappa shape index (κ3) is 3.05. The Hall–Kier alpha value is -3.02. The first-order valence-corrected chi connectivity index (χ1v) is 5.71. The van der Waals surface area contributed by atoms with E-state index in [0.29, 0.717) is 5.56 Å². The molecule has 0 aromatic heterocycles. The summed E-state index contributed by atoms with van der Waals surface area (Å²) in [5.74, 6) is -1.20. The summed E-state index contributed by atoms with van der Waals surface area (Å²) in [6.45, 7) is 0. The normalized spacial score (nSPS) is 10.6. The van der Waals surface area contributed by atoms with Crippen LogP contribution in [0.3, 0.4) is 0 Å². The van der Waals surface area contributed by atoms with Gasteiger partial charge in [-0.15, -0.1) is 0 Å². The van der Waals surface area contributed by atoms with Crippen molar-refractivity contribution < 1.29 is 20.1 Å². The van der Waals surface area contributed by atoms with E-state index in [1.807, 2.05) is 0 Å². The van der Waals surface area contributed by atoms with E-state index in [9.17, 15) is 15.0 Å². The van der Waals surface area contributed by atoms with Gasteiger partial charge in [-0.3, -0.25) is 4.79 Å². The summed E-state index contributed by atoms with van der Waals surface area (Å²) in [5.41, 5.74) is 2.86. The lowest BCUT2D eigenvalue weighted by Gasteiger charge is -2.02. The fourth-order valence-electron chi connectivity index (χ4n) is 1.51. The minimum Gasteiger partial charge on any atom is -0.507 e. The van der Waals surface area contributed by atoms with E-state index < -0.39 is 5.91 Å². The highest BCUT2D eigenvalue weighted by Crippen LogP contribution is 2.24. The van der Waals surface area contributed by atoms with Gasteiger partial charge in [-0.25, -0.2) is 5.43 Å². The third-order valence-corrected chi connectivity index (χ3v) is 2.53. The number of rotatable bonds is 3. The van der Waals surface area contributed by atoms with E-state index in [0.717, 1.165) is 0 Å². The van der Waals surface area contributed by atoms with Crippen LogP contribution in [-0.2, 0) is 0 Å². The number of hydrazone groups is 1. The van der Waals surface area contributed by atoms with Gasteiger partial charge in [-0.05, 0) is 35.9 Å². The van der Waals surface area contributed by atoms with Crippen molar-refractivity contribution in [3.8, 4) is 17.2 Å². The molecule has 0 spiro atoms. The molecular weight excluding hydrogens is 260 g/mol. The van der Waals surface area contributed by atoms with Crippen LogP contribution in [0.2, 0.25) is 0 Å². The molecule has 2 aromatic rings. The van der Waals surface area contributed by atoms with Crippen LogP contribution in [0.1, 0.15) is 15.9 Å². The molecular formula is C14H12N2O4. The summed E-state index contributed by atoms with van der Waals surface area (Å²) in [6, 6.07) is 10.2. The summed E-state index contributed by atoms with van der Waals surface area (Å²) in [4.78, 5) is 11.7. The SMILES string of the molecule is O=C(N/N=C\c1ccc(O)c(O)c1)c1ccccc1O. The number of carbonyl (C=O) groups excluding carboxylic acids is 1. The maximum atomic E-state index is 11.7. The second-order valence-corrected chi connectivity index (χ2v) is 3.96. The quantitative estimate of drug-likeness (QED) is 0.387. The summed E-state index contributed by atoms with van der Waals surface area (Å²) >= 11 is 0. The zero-order chi connectivity index (χ0) is 14.5. The summed E-state index contributed by atoms with van der Waals surface area (Å²) in [5, 5.41) is 31.6. The highest BCUT2D eigenvalue weighted by Gasteiger charge is 2.08. The first-order chi connectivity index (χ1) is 9.58. The number of hydrogen-bond acceptors (Lipinski definition) is 5. The number of hydrogen-bond donors (Lipinski definition) is 4. The van der Waals surface area contributed by atoms with Gasteiger partial charge in [0, 0.05) is 0 Å². The molecule has 0 unspecified atom stereocenters. The molecule has 102 valence electrons. The number of aromatic hydroxyl groups is 3. The van der Waals surface area contributed by atoms with Gasteiger partial charge in [-0.2, -0.15) is 5.10 Å². The largest absolute Gasteiger partial charge is 0.507 e. The number of nitrogens with zero attached hydrogens (tertiary/aromatic N) is 1. The molecule has 0 radical (unpaired) electrons. The van der Waals surface area contributed by atoms with Gasteiger partial charge in [0.2, 0.25) is 0 Å². The number of amides is 1. The van der Waals surface area contributed by atoms with E-state index in [1.165, 1.54) is 36.5 Å². The zero-order valence-electron chi connectivity index (χ0n) is 10.3. The minimum atomic E-state index is -0.553. The predicted octanol–water partition coefficient (Wildman–Crippen LogP) is 1.57. The van der Waals surface area contributed by atoms with E-state index in [1.54, 1.807) is 12.1 Å². The van der Waals surface area contributed by atoms with Crippen molar-refractivity contribution in [3.63, 3.8) is 0 Å². The maximum absolute atomic E-state index is 11.7. The smallest absolute Gasteiger partial charge is 0.275 e. The number of benzene rings is 2. The number of phenols is 3. The Balaban J connectivity index is 2.05. The van der Waals surface area contributed by atoms with Gasteiger partial charge in [0.15, 0.2) is 11.5 Å². The van der Waals surface area contributed by atoms with Gasteiger partial charge in [0.1, 0.15) is 5.75 Å². The predicted molar refractivity (Wildman–Crippen MR) is 72.9 cm³/mol. The fourth-order valence-corrected chi connectivity index (χ4v) is 1.51. The standard InChI is InChI=1S/C14H12N2O4/c17-11-4-2-1-3-10(11)14(20)16-15-8-9-5-6-12(18)13(19)7-9/h1-8,17-19H,(H,16,20)/b15-8-. The Morgan fingerprint density at radius 1 is 1.00 bits per heavy atom.